The van der Waals surface area contributed by atoms with Crippen LogP contribution in [0.1, 0.15) is 58.3 Å². The van der Waals surface area contributed by atoms with E-state index in [1.54, 1.807) is 0 Å². The zero-order chi connectivity index (χ0) is 13.9. The molecule has 4 aliphatic carbocycles. The maximum absolute atomic E-state index is 11.8. The number of fused-ring (bicyclic) bond motifs is 5. The van der Waals surface area contributed by atoms with E-state index in [-0.39, 0.29) is 0 Å². The van der Waals surface area contributed by atoms with Crippen molar-refractivity contribution in [1.29, 1.82) is 0 Å². The molecule has 3 fully saturated rings. The van der Waals surface area contributed by atoms with Gasteiger partial charge in [0.05, 0.1) is 0 Å². The third-order valence-electron chi connectivity index (χ3n) is 7.06. The molecule has 4 rings (SSSR count). The molecule has 0 saturated heterocycles. The van der Waals surface area contributed by atoms with Crippen LogP contribution in [0.2, 0.25) is 0 Å². The van der Waals surface area contributed by atoms with E-state index in [1.165, 1.54) is 49.7 Å². The molecule has 1 nitrogen and oxygen atoms in total. The second-order valence-electron chi connectivity index (χ2n) is 8.06. The van der Waals surface area contributed by atoms with Gasteiger partial charge in [-0.05, 0) is 67.8 Å². The lowest BCUT2D eigenvalue weighted by atomic mass is 9.52. The average molecular weight is 270 g/mol. The van der Waals surface area contributed by atoms with Crippen molar-refractivity contribution < 1.29 is 4.79 Å². The summed E-state index contributed by atoms with van der Waals surface area (Å²) in [6.45, 7) is 6.83. The van der Waals surface area contributed by atoms with Gasteiger partial charge in [-0.15, -0.1) is 0 Å². The monoisotopic (exact) mass is 270 g/mol. The van der Waals surface area contributed by atoms with Crippen LogP contribution in [0.25, 0.3) is 0 Å². The topological polar surface area (TPSA) is 17.1 Å². The molecule has 0 N–H and O–H groups in total. The molecule has 0 amide bonds. The predicted molar refractivity (Wildman–Crippen MR) is 81.2 cm³/mol. The van der Waals surface area contributed by atoms with Gasteiger partial charge < -0.3 is 0 Å². The lowest BCUT2D eigenvalue weighted by Crippen LogP contribution is -2.45. The number of hydrogen-bond acceptors (Lipinski definition) is 1. The third kappa shape index (κ3) is 1.71. The highest BCUT2D eigenvalue weighted by molar-refractivity contribution is 5.93. The fourth-order valence-corrected chi connectivity index (χ4v) is 6.22. The minimum absolute atomic E-state index is 0.293. The highest BCUT2D eigenvalue weighted by Gasteiger charge is 2.52. The number of hydrogen-bond donors (Lipinski definition) is 0. The van der Waals surface area contributed by atoms with E-state index < -0.39 is 0 Å². The van der Waals surface area contributed by atoms with Gasteiger partial charge in [-0.1, -0.05) is 31.1 Å². The Bertz CT molecular complexity index is 500. The Morgan fingerprint density at radius 2 is 2.05 bits per heavy atom. The first-order valence-electron chi connectivity index (χ1n) is 8.49. The van der Waals surface area contributed by atoms with Gasteiger partial charge in [0.15, 0.2) is 5.78 Å². The van der Waals surface area contributed by atoms with Crippen LogP contribution in [0.15, 0.2) is 23.8 Å². The van der Waals surface area contributed by atoms with Gasteiger partial charge in [0, 0.05) is 12.3 Å². The zero-order valence-corrected chi connectivity index (χ0v) is 12.7. The summed E-state index contributed by atoms with van der Waals surface area (Å²) in [6, 6.07) is 0. The first-order chi connectivity index (χ1) is 9.58. The van der Waals surface area contributed by atoms with Crippen LogP contribution in [-0.2, 0) is 4.79 Å². The number of carbonyl (C=O) groups is 1. The number of carbonyl (C=O) groups excluding carboxylic acids is 1. The number of rotatable bonds is 0. The molecule has 0 radical (unpaired) electrons. The van der Waals surface area contributed by atoms with Gasteiger partial charge in [0.2, 0.25) is 0 Å². The van der Waals surface area contributed by atoms with Crippen molar-refractivity contribution in [1.82, 2.24) is 0 Å². The molecule has 3 saturated carbocycles. The Morgan fingerprint density at radius 1 is 1.20 bits per heavy atom. The zero-order valence-electron chi connectivity index (χ0n) is 12.7. The molecule has 0 aromatic rings. The van der Waals surface area contributed by atoms with E-state index in [9.17, 15) is 4.79 Å². The van der Waals surface area contributed by atoms with Crippen molar-refractivity contribution in [2.45, 2.75) is 58.3 Å². The van der Waals surface area contributed by atoms with Gasteiger partial charge >= 0.3 is 0 Å². The summed E-state index contributed by atoms with van der Waals surface area (Å²) in [7, 11) is 0. The van der Waals surface area contributed by atoms with Crippen LogP contribution in [-0.4, -0.2) is 5.78 Å². The van der Waals surface area contributed by atoms with Crippen molar-refractivity contribution >= 4 is 5.78 Å². The molecule has 0 bridgehead atoms. The molecule has 108 valence electrons. The molecule has 1 heteroatoms. The van der Waals surface area contributed by atoms with Gasteiger partial charge in [-0.25, -0.2) is 0 Å². The summed E-state index contributed by atoms with van der Waals surface area (Å²) in [6.07, 6.45) is 12.2. The summed E-state index contributed by atoms with van der Waals surface area (Å²) < 4.78 is 0. The summed E-state index contributed by atoms with van der Waals surface area (Å²) in [5.74, 6) is 3.50. The maximum atomic E-state index is 11.8. The Labute approximate surface area is 122 Å². The van der Waals surface area contributed by atoms with Crippen LogP contribution < -0.4 is 0 Å². The quantitative estimate of drug-likeness (QED) is 0.584. The normalized spacial score (nSPS) is 47.4. The summed E-state index contributed by atoms with van der Waals surface area (Å²) in [4.78, 5) is 11.8. The Balaban J connectivity index is 1.68. The van der Waals surface area contributed by atoms with Gasteiger partial charge in [-0.2, -0.15) is 0 Å². The minimum Gasteiger partial charge on any atom is -0.295 e. The lowest BCUT2D eigenvalue weighted by molar-refractivity contribution is -0.114. The van der Waals surface area contributed by atoms with E-state index in [0.717, 1.165) is 24.2 Å². The third-order valence-corrected chi connectivity index (χ3v) is 7.06. The fraction of sp³-hybridized carbons (Fsp3) is 0.737. The first kappa shape index (κ1) is 12.9. The number of ketones is 1. The lowest BCUT2D eigenvalue weighted by Gasteiger charge is -2.53. The number of allylic oxidation sites excluding steroid dienone is 2. The van der Waals surface area contributed by atoms with Gasteiger partial charge in [0.25, 0.3) is 0 Å². The molecule has 4 aliphatic rings. The summed E-state index contributed by atoms with van der Waals surface area (Å²) >= 11 is 0. The van der Waals surface area contributed by atoms with E-state index in [2.05, 4.69) is 13.5 Å². The summed E-state index contributed by atoms with van der Waals surface area (Å²) in [5.41, 5.74) is 3.28. The molecular weight excluding hydrogens is 244 g/mol. The molecule has 0 aromatic carbocycles. The molecule has 20 heavy (non-hydrogen) atoms. The molecule has 0 spiro atoms. The first-order valence-corrected chi connectivity index (χ1v) is 8.49. The summed E-state index contributed by atoms with van der Waals surface area (Å²) in [5, 5.41) is 0. The molecule has 0 aromatic heterocycles. The van der Waals surface area contributed by atoms with Crippen LogP contribution in [0.4, 0.5) is 0 Å². The van der Waals surface area contributed by atoms with E-state index in [4.69, 9.17) is 0 Å². The van der Waals surface area contributed by atoms with Gasteiger partial charge in [0.1, 0.15) is 0 Å². The van der Waals surface area contributed by atoms with Crippen LogP contribution >= 0.6 is 0 Å². The van der Waals surface area contributed by atoms with E-state index in [1.807, 2.05) is 6.08 Å². The highest BCUT2D eigenvalue weighted by atomic mass is 16.1. The Morgan fingerprint density at radius 3 is 2.90 bits per heavy atom. The largest absolute Gasteiger partial charge is 0.295 e. The van der Waals surface area contributed by atoms with Crippen molar-refractivity contribution in [3.05, 3.63) is 23.8 Å². The highest BCUT2D eigenvalue weighted by Crippen LogP contribution is 2.62. The van der Waals surface area contributed by atoms with Crippen molar-refractivity contribution in [2.75, 3.05) is 0 Å². The van der Waals surface area contributed by atoms with Crippen LogP contribution in [0, 0.1) is 29.1 Å². The standard InChI is InChI=1S/C19H26O/c1-12-10-14(20)11-13-5-6-15-16(18(12)13)7-9-19(2)8-3-4-17(15)19/h11,15-18H,1,3-10H2,2H3/t15-,16+,17+,18-,19+/m1/s1. The fourth-order valence-electron chi connectivity index (χ4n) is 6.22. The molecular formula is C19H26O. The van der Waals surface area contributed by atoms with E-state index >= 15 is 0 Å². The Hall–Kier alpha value is -0.850. The van der Waals surface area contributed by atoms with Gasteiger partial charge in [-0.3, -0.25) is 4.79 Å². The maximum Gasteiger partial charge on any atom is 0.159 e. The molecule has 0 aliphatic heterocycles. The molecule has 5 atom stereocenters. The van der Waals surface area contributed by atoms with Crippen molar-refractivity contribution in [3.8, 4) is 0 Å². The molecule has 0 heterocycles. The van der Waals surface area contributed by atoms with Crippen LogP contribution in [0.5, 0.6) is 0 Å². The van der Waals surface area contributed by atoms with Crippen molar-refractivity contribution in [2.24, 2.45) is 29.1 Å². The Kier molecular flexibility index (Phi) is 2.78. The predicted octanol–water partition coefficient (Wildman–Crippen LogP) is 4.68. The minimum atomic E-state index is 0.293. The SMILES string of the molecule is C=C1CC(=O)C=C2CC[C@@H]3[C@H](CC[C@]4(C)CCC[C@@H]34)[C@H]12. The van der Waals surface area contributed by atoms with Crippen molar-refractivity contribution in [3.63, 3.8) is 0 Å². The molecule has 0 unspecified atom stereocenters. The average Bonchev–Trinajstić information content (AvgIpc) is 2.79. The second kappa shape index (κ2) is 4.32. The van der Waals surface area contributed by atoms with Crippen LogP contribution in [0.3, 0.4) is 0 Å². The van der Waals surface area contributed by atoms with E-state index in [0.29, 0.717) is 23.5 Å². The smallest absolute Gasteiger partial charge is 0.159 e. The second-order valence-corrected chi connectivity index (χ2v) is 8.06.